The molecule has 1 aliphatic rings. The quantitative estimate of drug-likeness (QED) is 0.328. The molecule has 0 amide bonds. The van der Waals surface area contributed by atoms with Crippen molar-refractivity contribution in [2.45, 2.75) is 38.6 Å². The zero-order chi connectivity index (χ0) is 20.0. The van der Waals surface area contributed by atoms with Crippen LogP contribution in [0.5, 0.6) is 0 Å². The Hall–Kier alpha value is -1.75. The molecule has 5 N–H and O–H groups in total. The molecule has 10 heteroatoms. The summed E-state index contributed by atoms with van der Waals surface area (Å²) in [5.41, 5.74) is 5.36. The normalized spacial score (nSPS) is 15.5. The summed E-state index contributed by atoms with van der Waals surface area (Å²) < 4.78 is 10.8. The molecule has 2 heterocycles. The van der Waals surface area contributed by atoms with Crippen LogP contribution in [0, 0.1) is 0 Å². The fourth-order valence-electron chi connectivity index (χ4n) is 2.84. The summed E-state index contributed by atoms with van der Waals surface area (Å²) in [7, 11) is 0. The summed E-state index contributed by atoms with van der Waals surface area (Å²) >= 11 is 0. The Morgan fingerprint density at radius 2 is 1.75 bits per heavy atom. The van der Waals surface area contributed by atoms with Gasteiger partial charge < -0.3 is 35.8 Å². The fourth-order valence-corrected chi connectivity index (χ4v) is 2.84. The molecular formula is C18H35N7O3. The van der Waals surface area contributed by atoms with Crippen LogP contribution in [0.4, 0.5) is 17.8 Å². The Labute approximate surface area is 167 Å². The Bertz CT molecular complexity index is 540. The monoisotopic (exact) mass is 397 g/mol. The number of aliphatic hydroxyl groups excluding tert-OH is 1. The number of rotatable bonds is 14. The molecule has 160 valence electrons. The van der Waals surface area contributed by atoms with Crippen LogP contribution in [0.3, 0.4) is 0 Å². The van der Waals surface area contributed by atoms with Gasteiger partial charge in [0.2, 0.25) is 17.8 Å². The molecule has 0 spiro atoms. The molecule has 1 saturated heterocycles. The second-order valence-electron chi connectivity index (χ2n) is 6.70. The highest BCUT2D eigenvalue weighted by atomic mass is 16.5. The van der Waals surface area contributed by atoms with Crippen molar-refractivity contribution in [3.63, 3.8) is 0 Å². The Kier molecular flexibility index (Phi) is 10.8. The van der Waals surface area contributed by atoms with Gasteiger partial charge in [-0.15, -0.1) is 0 Å². The number of anilines is 3. The van der Waals surface area contributed by atoms with Crippen LogP contribution in [-0.2, 0) is 9.47 Å². The zero-order valence-electron chi connectivity index (χ0n) is 16.9. The van der Waals surface area contributed by atoms with Gasteiger partial charge in [0.25, 0.3) is 0 Å². The highest BCUT2D eigenvalue weighted by Crippen LogP contribution is 2.19. The summed E-state index contributed by atoms with van der Waals surface area (Å²) in [5.74, 6) is 1.66. The molecule has 1 aliphatic heterocycles. The van der Waals surface area contributed by atoms with E-state index in [4.69, 9.17) is 15.2 Å². The van der Waals surface area contributed by atoms with E-state index < -0.39 is 0 Å². The second-order valence-corrected chi connectivity index (χ2v) is 6.70. The lowest BCUT2D eigenvalue weighted by Crippen LogP contribution is -2.32. The minimum atomic E-state index is -0.0821. The molecule has 1 fully saturated rings. The van der Waals surface area contributed by atoms with Crippen molar-refractivity contribution < 1.29 is 14.6 Å². The van der Waals surface area contributed by atoms with Crippen LogP contribution in [0.15, 0.2) is 0 Å². The first-order valence-electron chi connectivity index (χ1n) is 10.2. The molecule has 1 aromatic heterocycles. The number of hydrogen-bond acceptors (Lipinski definition) is 10. The third-order valence-electron chi connectivity index (χ3n) is 4.47. The van der Waals surface area contributed by atoms with E-state index in [1.807, 2.05) is 6.92 Å². The first-order valence-corrected chi connectivity index (χ1v) is 10.2. The number of aromatic nitrogens is 3. The number of nitrogens with two attached hydrogens (primary N) is 1. The standard InChI is InChI=1S/C18H35N7O3/c1-2-15(14-26)21-17-22-16(20-7-11-28-13-12-27-10-6-19)23-18(24-17)25-8-4-3-5-9-25/h15,26H,2-14,19H2,1H3,(H2,20,21,22,23,24)/t15-/m1/s1. The molecule has 28 heavy (non-hydrogen) atoms. The molecule has 2 rings (SSSR count). The lowest BCUT2D eigenvalue weighted by atomic mass is 10.1. The van der Waals surface area contributed by atoms with Crippen molar-refractivity contribution >= 4 is 17.8 Å². The summed E-state index contributed by atoms with van der Waals surface area (Å²) in [6, 6.07) is -0.0821. The summed E-state index contributed by atoms with van der Waals surface area (Å²) in [6.45, 7) is 7.18. The molecule has 0 bridgehead atoms. The highest BCUT2D eigenvalue weighted by molar-refractivity contribution is 5.44. The third kappa shape index (κ3) is 8.09. The number of nitrogens with one attached hydrogen (secondary N) is 2. The van der Waals surface area contributed by atoms with E-state index in [-0.39, 0.29) is 12.6 Å². The topological polar surface area (TPSA) is 131 Å². The van der Waals surface area contributed by atoms with E-state index in [1.54, 1.807) is 0 Å². The van der Waals surface area contributed by atoms with Gasteiger partial charge in [0.05, 0.1) is 39.1 Å². The molecule has 0 unspecified atom stereocenters. The van der Waals surface area contributed by atoms with Gasteiger partial charge in [-0.2, -0.15) is 15.0 Å². The van der Waals surface area contributed by atoms with Gasteiger partial charge in [-0.05, 0) is 25.7 Å². The van der Waals surface area contributed by atoms with E-state index >= 15 is 0 Å². The van der Waals surface area contributed by atoms with E-state index in [2.05, 4.69) is 30.5 Å². The van der Waals surface area contributed by atoms with Crippen LogP contribution in [0.1, 0.15) is 32.6 Å². The first-order chi connectivity index (χ1) is 13.8. The van der Waals surface area contributed by atoms with E-state index in [0.717, 1.165) is 32.4 Å². The molecule has 0 saturated carbocycles. The maximum Gasteiger partial charge on any atom is 0.231 e. The summed E-state index contributed by atoms with van der Waals surface area (Å²) in [5, 5.41) is 15.8. The smallest absolute Gasteiger partial charge is 0.231 e. The van der Waals surface area contributed by atoms with Gasteiger partial charge in [-0.1, -0.05) is 6.92 Å². The van der Waals surface area contributed by atoms with E-state index in [9.17, 15) is 5.11 Å². The zero-order valence-corrected chi connectivity index (χ0v) is 16.9. The maximum atomic E-state index is 9.46. The van der Waals surface area contributed by atoms with Crippen LogP contribution in [0.25, 0.3) is 0 Å². The van der Waals surface area contributed by atoms with Crippen molar-refractivity contribution in [3.8, 4) is 0 Å². The number of piperidine rings is 1. The largest absolute Gasteiger partial charge is 0.394 e. The lowest BCUT2D eigenvalue weighted by molar-refractivity contribution is 0.0547. The molecule has 0 aliphatic carbocycles. The first kappa shape index (κ1) is 22.5. The predicted molar refractivity (Wildman–Crippen MR) is 110 cm³/mol. The van der Waals surface area contributed by atoms with Crippen molar-refractivity contribution in [3.05, 3.63) is 0 Å². The van der Waals surface area contributed by atoms with Gasteiger partial charge in [0.15, 0.2) is 0 Å². The maximum absolute atomic E-state index is 9.46. The van der Waals surface area contributed by atoms with Crippen molar-refractivity contribution in [2.75, 3.05) is 74.7 Å². The average molecular weight is 398 g/mol. The van der Waals surface area contributed by atoms with Crippen LogP contribution < -0.4 is 21.3 Å². The van der Waals surface area contributed by atoms with Crippen LogP contribution in [0.2, 0.25) is 0 Å². The second kappa shape index (κ2) is 13.4. The van der Waals surface area contributed by atoms with Gasteiger partial charge in [-0.3, -0.25) is 0 Å². The Morgan fingerprint density at radius 3 is 2.43 bits per heavy atom. The molecular weight excluding hydrogens is 362 g/mol. The number of hydrogen-bond donors (Lipinski definition) is 4. The number of nitrogens with zero attached hydrogens (tertiary/aromatic N) is 4. The van der Waals surface area contributed by atoms with Crippen LogP contribution in [-0.4, -0.2) is 85.3 Å². The molecule has 1 atom stereocenters. The van der Waals surface area contributed by atoms with Crippen molar-refractivity contribution in [1.29, 1.82) is 0 Å². The van der Waals surface area contributed by atoms with Crippen molar-refractivity contribution in [2.24, 2.45) is 5.73 Å². The third-order valence-corrected chi connectivity index (χ3v) is 4.47. The fraction of sp³-hybridized carbons (Fsp3) is 0.833. The minimum Gasteiger partial charge on any atom is -0.394 e. The van der Waals surface area contributed by atoms with Gasteiger partial charge >= 0.3 is 0 Å². The predicted octanol–water partition coefficient (Wildman–Crippen LogP) is 0.449. The summed E-state index contributed by atoms with van der Waals surface area (Å²) in [6.07, 6.45) is 4.31. The lowest BCUT2D eigenvalue weighted by Gasteiger charge is -2.27. The Balaban J connectivity index is 1.91. The highest BCUT2D eigenvalue weighted by Gasteiger charge is 2.17. The molecule has 1 aromatic rings. The minimum absolute atomic E-state index is 0.0318. The summed E-state index contributed by atoms with van der Waals surface area (Å²) in [4.78, 5) is 15.8. The Morgan fingerprint density at radius 1 is 1.04 bits per heavy atom. The van der Waals surface area contributed by atoms with Crippen molar-refractivity contribution in [1.82, 2.24) is 15.0 Å². The van der Waals surface area contributed by atoms with E-state index in [1.165, 1.54) is 6.42 Å². The average Bonchev–Trinajstić information content (AvgIpc) is 2.74. The van der Waals surface area contributed by atoms with E-state index in [0.29, 0.717) is 57.4 Å². The molecule has 0 radical (unpaired) electrons. The number of aliphatic hydroxyl groups is 1. The van der Waals surface area contributed by atoms with Gasteiger partial charge in [0, 0.05) is 26.2 Å². The van der Waals surface area contributed by atoms with Crippen LogP contribution >= 0.6 is 0 Å². The molecule has 10 nitrogen and oxygen atoms in total. The SMILES string of the molecule is CC[C@H](CO)Nc1nc(NCCOCCOCCN)nc(N2CCCCC2)n1. The van der Waals surface area contributed by atoms with Gasteiger partial charge in [-0.25, -0.2) is 0 Å². The van der Waals surface area contributed by atoms with Gasteiger partial charge in [0.1, 0.15) is 0 Å². The molecule has 0 aromatic carbocycles. The number of ether oxygens (including phenoxy) is 2.